The van der Waals surface area contributed by atoms with Gasteiger partial charge in [-0.05, 0) is 30.2 Å². The molecule has 1 amide bonds. The van der Waals surface area contributed by atoms with Gasteiger partial charge in [0.05, 0.1) is 6.54 Å². The summed E-state index contributed by atoms with van der Waals surface area (Å²) >= 11 is 1.41. The van der Waals surface area contributed by atoms with Gasteiger partial charge < -0.3 is 10.2 Å². The molecule has 25 heavy (non-hydrogen) atoms. The summed E-state index contributed by atoms with van der Waals surface area (Å²) in [5, 5.41) is 12.7. The Kier molecular flexibility index (Phi) is 5.35. The van der Waals surface area contributed by atoms with Crippen molar-refractivity contribution in [3.63, 3.8) is 0 Å². The second-order valence-corrected chi connectivity index (χ2v) is 6.48. The number of aromatic nitrogens is 3. The lowest BCUT2D eigenvalue weighted by molar-refractivity contribution is -0.114. The highest BCUT2D eigenvalue weighted by Gasteiger charge is 2.14. The number of rotatable bonds is 6. The first-order chi connectivity index (χ1) is 12.2. The van der Waals surface area contributed by atoms with Gasteiger partial charge in [0, 0.05) is 18.9 Å². The van der Waals surface area contributed by atoms with Crippen molar-refractivity contribution >= 4 is 28.1 Å². The summed E-state index contributed by atoms with van der Waals surface area (Å²) in [5.41, 5.74) is 2.75. The molecular weight excluding hydrogens is 334 g/mol. The summed E-state index contributed by atoms with van der Waals surface area (Å²) in [5.74, 6) is -0.0852. The zero-order valence-electron chi connectivity index (χ0n) is 14.1. The minimum Gasteiger partial charge on any atom is -0.340 e. The van der Waals surface area contributed by atoms with E-state index in [9.17, 15) is 4.79 Å². The van der Waals surface area contributed by atoms with Crippen molar-refractivity contribution in [3.05, 3.63) is 54.2 Å². The lowest BCUT2D eigenvalue weighted by Gasteiger charge is -2.15. The molecule has 0 bridgehead atoms. The molecule has 7 heteroatoms. The van der Waals surface area contributed by atoms with E-state index in [0.29, 0.717) is 5.13 Å². The van der Waals surface area contributed by atoms with Crippen molar-refractivity contribution in [2.45, 2.75) is 13.3 Å². The topological polar surface area (TPSA) is 71.0 Å². The van der Waals surface area contributed by atoms with Crippen LogP contribution >= 0.6 is 11.3 Å². The largest absolute Gasteiger partial charge is 0.340 e. The number of pyridine rings is 1. The maximum Gasteiger partial charge on any atom is 0.243 e. The van der Waals surface area contributed by atoms with Crippen LogP contribution in [0.5, 0.6) is 0 Å². The number of amides is 1. The zero-order chi connectivity index (χ0) is 17.6. The number of carbonyl (C=O) groups excluding carboxylic acids is 1. The fourth-order valence-electron chi connectivity index (χ4n) is 2.39. The molecule has 2 aromatic heterocycles. The lowest BCUT2D eigenvalue weighted by atomic mass is 10.1. The third kappa shape index (κ3) is 4.19. The molecule has 0 aliphatic rings. The van der Waals surface area contributed by atoms with E-state index in [2.05, 4.69) is 27.4 Å². The van der Waals surface area contributed by atoms with E-state index < -0.39 is 0 Å². The number of anilines is 2. The SMILES string of the molecule is CCc1ccccc1NC(=O)CN(C)c1nnc(-c2ccccn2)s1. The van der Waals surface area contributed by atoms with Crippen molar-refractivity contribution < 1.29 is 4.79 Å². The number of aryl methyl sites for hydroxylation is 1. The first-order valence-electron chi connectivity index (χ1n) is 8.01. The second kappa shape index (κ2) is 7.85. The highest BCUT2D eigenvalue weighted by atomic mass is 32.1. The molecule has 1 N–H and O–H groups in total. The Morgan fingerprint density at radius 1 is 1.16 bits per heavy atom. The normalized spacial score (nSPS) is 10.5. The van der Waals surface area contributed by atoms with Gasteiger partial charge in [0.1, 0.15) is 5.69 Å². The van der Waals surface area contributed by atoms with Crippen LogP contribution in [0.4, 0.5) is 10.8 Å². The summed E-state index contributed by atoms with van der Waals surface area (Å²) in [7, 11) is 1.83. The summed E-state index contributed by atoms with van der Waals surface area (Å²) in [6.45, 7) is 2.27. The third-order valence-corrected chi connectivity index (χ3v) is 4.74. The van der Waals surface area contributed by atoms with Crippen LogP contribution in [0.2, 0.25) is 0 Å². The Morgan fingerprint density at radius 3 is 2.72 bits per heavy atom. The number of nitrogens with one attached hydrogen (secondary N) is 1. The highest BCUT2D eigenvalue weighted by molar-refractivity contribution is 7.18. The van der Waals surface area contributed by atoms with Gasteiger partial charge in [-0.2, -0.15) is 0 Å². The number of hydrogen-bond acceptors (Lipinski definition) is 6. The average molecular weight is 353 g/mol. The molecule has 0 aliphatic heterocycles. The van der Waals surface area contributed by atoms with Gasteiger partial charge >= 0.3 is 0 Å². The standard InChI is InChI=1S/C18H19N5OS/c1-3-13-8-4-5-9-14(13)20-16(24)12-23(2)18-22-21-17(25-18)15-10-6-7-11-19-15/h4-11H,3,12H2,1-2H3,(H,20,24). The van der Waals surface area contributed by atoms with Crippen LogP contribution in [0.15, 0.2) is 48.7 Å². The first-order valence-corrected chi connectivity index (χ1v) is 8.83. The van der Waals surface area contributed by atoms with Crippen molar-refractivity contribution in [1.82, 2.24) is 15.2 Å². The van der Waals surface area contributed by atoms with Crippen LogP contribution in [0.25, 0.3) is 10.7 Å². The molecule has 0 radical (unpaired) electrons. The Labute approximate surface area is 150 Å². The number of hydrogen-bond donors (Lipinski definition) is 1. The molecule has 1 aromatic carbocycles. The fourth-order valence-corrected chi connectivity index (χ4v) is 3.17. The van der Waals surface area contributed by atoms with Gasteiger partial charge in [0.2, 0.25) is 11.0 Å². The number of para-hydroxylation sites is 1. The van der Waals surface area contributed by atoms with Gasteiger partial charge in [-0.25, -0.2) is 0 Å². The van der Waals surface area contributed by atoms with Crippen molar-refractivity contribution in [3.8, 4) is 10.7 Å². The Morgan fingerprint density at radius 2 is 1.96 bits per heavy atom. The smallest absolute Gasteiger partial charge is 0.243 e. The van der Waals surface area contributed by atoms with Gasteiger partial charge in [-0.15, -0.1) is 10.2 Å². The lowest BCUT2D eigenvalue weighted by Crippen LogP contribution is -2.30. The molecule has 0 saturated heterocycles. The van der Waals surface area contributed by atoms with E-state index in [4.69, 9.17) is 0 Å². The molecular formula is C18H19N5OS. The average Bonchev–Trinajstić information content (AvgIpc) is 3.13. The van der Waals surface area contributed by atoms with Gasteiger partial charge in [0.15, 0.2) is 5.01 Å². The molecule has 2 heterocycles. The quantitative estimate of drug-likeness (QED) is 0.737. The molecule has 0 unspecified atom stereocenters. The van der Waals surface area contributed by atoms with E-state index in [-0.39, 0.29) is 12.5 Å². The van der Waals surface area contributed by atoms with Gasteiger partial charge in [-0.1, -0.05) is 42.5 Å². The van der Waals surface area contributed by atoms with Crippen LogP contribution < -0.4 is 10.2 Å². The molecule has 6 nitrogen and oxygen atoms in total. The number of benzene rings is 1. The first kappa shape index (κ1) is 17.0. The summed E-state index contributed by atoms with van der Waals surface area (Å²) < 4.78 is 0. The van der Waals surface area contributed by atoms with Crippen molar-refractivity contribution in [2.75, 3.05) is 23.8 Å². The van der Waals surface area contributed by atoms with Crippen LogP contribution in [0, 0.1) is 0 Å². The zero-order valence-corrected chi connectivity index (χ0v) is 15.0. The van der Waals surface area contributed by atoms with E-state index in [1.165, 1.54) is 11.3 Å². The van der Waals surface area contributed by atoms with Gasteiger partial charge in [-0.3, -0.25) is 9.78 Å². The molecule has 3 aromatic rings. The van der Waals surface area contributed by atoms with Crippen molar-refractivity contribution in [2.24, 2.45) is 0 Å². The van der Waals surface area contributed by atoms with E-state index in [0.717, 1.165) is 28.4 Å². The highest BCUT2D eigenvalue weighted by Crippen LogP contribution is 2.26. The molecule has 3 rings (SSSR count). The van der Waals surface area contributed by atoms with Crippen molar-refractivity contribution in [1.29, 1.82) is 0 Å². The fraction of sp³-hybridized carbons (Fsp3) is 0.222. The second-order valence-electron chi connectivity index (χ2n) is 5.52. The molecule has 0 atom stereocenters. The van der Waals surface area contributed by atoms with Gasteiger partial charge in [0.25, 0.3) is 0 Å². The van der Waals surface area contributed by atoms with Crippen LogP contribution in [-0.4, -0.2) is 34.7 Å². The third-order valence-electron chi connectivity index (χ3n) is 3.68. The van der Waals surface area contributed by atoms with Crippen LogP contribution in [0.3, 0.4) is 0 Å². The molecule has 128 valence electrons. The van der Waals surface area contributed by atoms with Crippen LogP contribution in [-0.2, 0) is 11.2 Å². The van der Waals surface area contributed by atoms with E-state index in [1.807, 2.05) is 49.5 Å². The minimum absolute atomic E-state index is 0.0852. The molecule has 0 spiro atoms. The summed E-state index contributed by atoms with van der Waals surface area (Å²) in [6.07, 6.45) is 2.59. The number of carbonyl (C=O) groups is 1. The number of likely N-dealkylation sites (N-methyl/N-ethyl adjacent to an activating group) is 1. The molecule has 0 fully saturated rings. The monoisotopic (exact) mass is 353 g/mol. The molecule has 0 aliphatic carbocycles. The Bertz CT molecular complexity index is 849. The number of nitrogens with zero attached hydrogens (tertiary/aromatic N) is 4. The minimum atomic E-state index is -0.0852. The predicted octanol–water partition coefficient (Wildman–Crippen LogP) is 3.24. The maximum absolute atomic E-state index is 12.3. The van der Waals surface area contributed by atoms with Crippen LogP contribution in [0.1, 0.15) is 12.5 Å². The Balaban J connectivity index is 1.65. The Hall–Kier alpha value is -2.80. The maximum atomic E-state index is 12.3. The predicted molar refractivity (Wildman–Crippen MR) is 101 cm³/mol. The van der Waals surface area contributed by atoms with E-state index in [1.54, 1.807) is 11.1 Å². The summed E-state index contributed by atoms with van der Waals surface area (Å²) in [4.78, 5) is 18.4. The summed E-state index contributed by atoms with van der Waals surface area (Å²) in [6, 6.07) is 13.5. The molecule has 0 saturated carbocycles. The van der Waals surface area contributed by atoms with E-state index >= 15 is 0 Å².